The molecule has 100 valence electrons. The molecule has 2 rings (SSSR count). The van der Waals surface area contributed by atoms with Crippen LogP contribution in [-0.2, 0) is 17.8 Å². The summed E-state index contributed by atoms with van der Waals surface area (Å²) in [5.74, 6) is 0.102. The van der Waals surface area contributed by atoms with Crippen LogP contribution in [0.3, 0.4) is 0 Å². The van der Waals surface area contributed by atoms with E-state index in [-0.39, 0.29) is 5.91 Å². The molecule has 0 fully saturated rings. The number of rotatable bonds is 6. The minimum absolute atomic E-state index is 0.102. The average molecular weight is 257 g/mol. The third kappa shape index (κ3) is 4.58. The highest BCUT2D eigenvalue weighted by atomic mass is 16.1. The predicted molar refractivity (Wildman–Crippen MR) is 74.6 cm³/mol. The zero-order valence-corrected chi connectivity index (χ0v) is 11.1. The van der Waals surface area contributed by atoms with Crippen molar-refractivity contribution < 1.29 is 4.79 Å². The lowest BCUT2D eigenvalue weighted by Crippen LogP contribution is -2.22. The minimum Gasteiger partial charge on any atom is -0.352 e. The van der Waals surface area contributed by atoms with E-state index in [0.717, 1.165) is 24.0 Å². The number of H-pyrrole nitrogens is 1. The molecule has 1 amide bonds. The SMILES string of the molecule is Cc1cccc(CNC(=O)CCCc2cn[nH]c2)c1. The molecule has 0 spiro atoms. The lowest BCUT2D eigenvalue weighted by Gasteiger charge is -2.05. The van der Waals surface area contributed by atoms with Crippen LogP contribution in [0, 0.1) is 6.92 Å². The smallest absolute Gasteiger partial charge is 0.220 e. The lowest BCUT2D eigenvalue weighted by molar-refractivity contribution is -0.121. The fourth-order valence-electron chi connectivity index (χ4n) is 1.98. The van der Waals surface area contributed by atoms with Gasteiger partial charge in [0, 0.05) is 19.2 Å². The van der Waals surface area contributed by atoms with Crippen LogP contribution in [0.5, 0.6) is 0 Å². The predicted octanol–water partition coefficient (Wildman–Crippen LogP) is 2.36. The van der Waals surface area contributed by atoms with Gasteiger partial charge in [-0.15, -0.1) is 0 Å². The Balaban J connectivity index is 1.67. The van der Waals surface area contributed by atoms with E-state index in [1.807, 2.05) is 18.3 Å². The summed E-state index contributed by atoms with van der Waals surface area (Å²) in [4.78, 5) is 11.7. The van der Waals surface area contributed by atoms with Gasteiger partial charge in [-0.2, -0.15) is 5.10 Å². The van der Waals surface area contributed by atoms with E-state index in [2.05, 4.69) is 34.6 Å². The number of hydrogen-bond acceptors (Lipinski definition) is 2. The monoisotopic (exact) mass is 257 g/mol. The second-order valence-electron chi connectivity index (χ2n) is 4.73. The molecule has 0 bridgehead atoms. The summed E-state index contributed by atoms with van der Waals surface area (Å²) in [5, 5.41) is 9.59. The molecule has 1 aromatic heterocycles. The third-order valence-corrected chi connectivity index (χ3v) is 3.00. The van der Waals surface area contributed by atoms with Gasteiger partial charge in [-0.1, -0.05) is 29.8 Å². The summed E-state index contributed by atoms with van der Waals surface area (Å²) >= 11 is 0. The van der Waals surface area contributed by atoms with E-state index >= 15 is 0 Å². The van der Waals surface area contributed by atoms with Crippen LogP contribution in [0.1, 0.15) is 29.5 Å². The first kappa shape index (κ1) is 13.3. The van der Waals surface area contributed by atoms with Crippen molar-refractivity contribution in [2.75, 3.05) is 0 Å². The van der Waals surface area contributed by atoms with Gasteiger partial charge in [-0.3, -0.25) is 9.89 Å². The number of benzene rings is 1. The maximum absolute atomic E-state index is 11.7. The van der Waals surface area contributed by atoms with Gasteiger partial charge in [-0.25, -0.2) is 0 Å². The number of nitrogens with zero attached hydrogens (tertiary/aromatic N) is 1. The molecule has 1 heterocycles. The Labute approximate surface area is 113 Å². The van der Waals surface area contributed by atoms with E-state index in [1.165, 1.54) is 5.56 Å². The van der Waals surface area contributed by atoms with Crippen LogP contribution in [0.4, 0.5) is 0 Å². The molecule has 0 aliphatic carbocycles. The van der Waals surface area contributed by atoms with Crippen molar-refractivity contribution in [3.05, 3.63) is 53.3 Å². The molecule has 0 aliphatic heterocycles. The number of hydrogen-bond donors (Lipinski definition) is 2. The van der Waals surface area contributed by atoms with Crippen LogP contribution in [-0.4, -0.2) is 16.1 Å². The van der Waals surface area contributed by atoms with Crippen molar-refractivity contribution in [1.82, 2.24) is 15.5 Å². The highest BCUT2D eigenvalue weighted by Crippen LogP contribution is 2.04. The number of aromatic nitrogens is 2. The van der Waals surface area contributed by atoms with Crippen molar-refractivity contribution in [2.24, 2.45) is 0 Å². The summed E-state index contributed by atoms with van der Waals surface area (Å²) in [7, 11) is 0. The van der Waals surface area contributed by atoms with Gasteiger partial charge in [0.2, 0.25) is 5.91 Å². The molecule has 0 radical (unpaired) electrons. The normalized spacial score (nSPS) is 10.4. The van der Waals surface area contributed by atoms with E-state index in [4.69, 9.17) is 0 Å². The molecule has 2 aromatic rings. The summed E-state index contributed by atoms with van der Waals surface area (Å²) in [5.41, 5.74) is 3.50. The molecule has 2 N–H and O–H groups in total. The Morgan fingerprint density at radius 3 is 3.00 bits per heavy atom. The molecule has 0 atom stereocenters. The van der Waals surface area contributed by atoms with Gasteiger partial charge in [-0.05, 0) is 30.9 Å². The molecule has 4 heteroatoms. The van der Waals surface area contributed by atoms with Crippen molar-refractivity contribution in [3.8, 4) is 0 Å². The first-order valence-electron chi connectivity index (χ1n) is 6.54. The molecule has 4 nitrogen and oxygen atoms in total. The summed E-state index contributed by atoms with van der Waals surface area (Å²) < 4.78 is 0. The third-order valence-electron chi connectivity index (χ3n) is 3.00. The Hall–Kier alpha value is -2.10. The quantitative estimate of drug-likeness (QED) is 0.834. The maximum atomic E-state index is 11.7. The number of carbonyl (C=O) groups excluding carboxylic acids is 1. The van der Waals surface area contributed by atoms with Gasteiger partial charge in [0.05, 0.1) is 6.20 Å². The minimum atomic E-state index is 0.102. The highest BCUT2D eigenvalue weighted by Gasteiger charge is 2.02. The first-order valence-corrected chi connectivity index (χ1v) is 6.54. The van der Waals surface area contributed by atoms with E-state index < -0.39 is 0 Å². The molecular formula is C15H19N3O. The van der Waals surface area contributed by atoms with Crippen molar-refractivity contribution in [1.29, 1.82) is 0 Å². The van der Waals surface area contributed by atoms with Gasteiger partial charge in [0.25, 0.3) is 0 Å². The number of amides is 1. The van der Waals surface area contributed by atoms with Gasteiger partial charge in [0.15, 0.2) is 0 Å². The zero-order chi connectivity index (χ0) is 13.5. The van der Waals surface area contributed by atoms with E-state index in [1.54, 1.807) is 6.20 Å². The summed E-state index contributed by atoms with van der Waals surface area (Å²) in [6.45, 7) is 2.66. The van der Waals surface area contributed by atoms with Crippen molar-refractivity contribution in [2.45, 2.75) is 32.7 Å². The van der Waals surface area contributed by atoms with Gasteiger partial charge in [0.1, 0.15) is 0 Å². The number of nitrogens with one attached hydrogen (secondary N) is 2. The molecule has 1 aromatic carbocycles. The fourth-order valence-corrected chi connectivity index (χ4v) is 1.98. The second-order valence-corrected chi connectivity index (χ2v) is 4.73. The van der Waals surface area contributed by atoms with Crippen LogP contribution >= 0.6 is 0 Å². The van der Waals surface area contributed by atoms with Gasteiger partial charge < -0.3 is 5.32 Å². The lowest BCUT2D eigenvalue weighted by atomic mass is 10.1. The van der Waals surface area contributed by atoms with Crippen molar-refractivity contribution >= 4 is 5.91 Å². The van der Waals surface area contributed by atoms with Crippen LogP contribution < -0.4 is 5.32 Å². The Morgan fingerprint density at radius 2 is 2.26 bits per heavy atom. The fraction of sp³-hybridized carbons (Fsp3) is 0.333. The zero-order valence-electron chi connectivity index (χ0n) is 11.1. The summed E-state index contributed by atoms with van der Waals surface area (Å²) in [6.07, 6.45) is 5.94. The topological polar surface area (TPSA) is 57.8 Å². The number of carbonyl (C=O) groups is 1. The van der Waals surface area contributed by atoms with Crippen LogP contribution in [0.25, 0.3) is 0 Å². The molecule has 0 saturated heterocycles. The molecular weight excluding hydrogens is 238 g/mol. The summed E-state index contributed by atoms with van der Waals surface area (Å²) in [6, 6.07) is 8.18. The van der Waals surface area contributed by atoms with Crippen LogP contribution in [0.2, 0.25) is 0 Å². The molecule has 19 heavy (non-hydrogen) atoms. The Morgan fingerprint density at radius 1 is 1.37 bits per heavy atom. The average Bonchev–Trinajstić information content (AvgIpc) is 2.90. The standard InChI is InChI=1S/C15H19N3O/c1-12-4-2-5-13(8-12)9-16-15(19)7-3-6-14-10-17-18-11-14/h2,4-5,8,10-11H,3,6-7,9H2,1H3,(H,16,19)(H,17,18). The second kappa shape index (κ2) is 6.73. The Bertz CT molecular complexity index is 520. The van der Waals surface area contributed by atoms with E-state index in [0.29, 0.717) is 13.0 Å². The van der Waals surface area contributed by atoms with E-state index in [9.17, 15) is 4.79 Å². The maximum Gasteiger partial charge on any atom is 0.220 e. The van der Waals surface area contributed by atoms with Gasteiger partial charge >= 0.3 is 0 Å². The highest BCUT2D eigenvalue weighted by molar-refractivity contribution is 5.75. The Kier molecular flexibility index (Phi) is 4.72. The molecule has 0 saturated carbocycles. The number of aryl methyl sites for hydroxylation is 2. The van der Waals surface area contributed by atoms with Crippen LogP contribution in [0.15, 0.2) is 36.7 Å². The largest absolute Gasteiger partial charge is 0.352 e. The number of aromatic amines is 1. The molecule has 0 unspecified atom stereocenters. The molecule has 0 aliphatic rings. The van der Waals surface area contributed by atoms with Crippen molar-refractivity contribution in [3.63, 3.8) is 0 Å². The first-order chi connectivity index (χ1) is 9.24.